The second kappa shape index (κ2) is 2.92. The molecule has 0 aromatic carbocycles. The first-order valence-electron chi connectivity index (χ1n) is 4.38. The van der Waals surface area contributed by atoms with Crippen molar-refractivity contribution in [2.24, 2.45) is 11.3 Å². The summed E-state index contributed by atoms with van der Waals surface area (Å²) in [4.78, 5) is 10.8. The van der Waals surface area contributed by atoms with Crippen molar-refractivity contribution in [2.75, 3.05) is 0 Å². The average molecular weight is 167 g/mol. The third kappa shape index (κ3) is 1.38. The quantitative estimate of drug-likeness (QED) is 0.623. The summed E-state index contributed by atoms with van der Waals surface area (Å²) in [5, 5.41) is 2.95. The van der Waals surface area contributed by atoms with Gasteiger partial charge in [0.15, 0.2) is 0 Å². The number of amides is 1. The van der Waals surface area contributed by atoms with Crippen LogP contribution in [0, 0.1) is 11.3 Å². The molecule has 0 heterocycles. The van der Waals surface area contributed by atoms with Crippen LogP contribution in [0.2, 0.25) is 0 Å². The number of carbonyl (C=O) groups excluding carboxylic acids is 1. The summed E-state index contributed by atoms with van der Waals surface area (Å²) >= 11 is 0. The highest BCUT2D eigenvalue weighted by atomic mass is 16.1. The van der Waals surface area contributed by atoms with E-state index < -0.39 is 0 Å². The van der Waals surface area contributed by atoms with E-state index in [2.05, 4.69) is 25.7 Å². The van der Waals surface area contributed by atoms with Gasteiger partial charge in [0.25, 0.3) is 0 Å². The van der Waals surface area contributed by atoms with Crippen molar-refractivity contribution in [3.05, 3.63) is 12.7 Å². The Morgan fingerprint density at radius 1 is 1.67 bits per heavy atom. The average Bonchev–Trinajstić information content (AvgIpc) is 1.96. The summed E-state index contributed by atoms with van der Waals surface area (Å²) in [6.07, 6.45) is 3.02. The van der Waals surface area contributed by atoms with E-state index in [0.717, 1.165) is 6.42 Å². The molecule has 2 nitrogen and oxygen atoms in total. The summed E-state index contributed by atoms with van der Waals surface area (Å²) in [7, 11) is 0. The second-order valence-electron chi connectivity index (χ2n) is 4.15. The van der Waals surface area contributed by atoms with Gasteiger partial charge in [0, 0.05) is 13.0 Å². The predicted molar refractivity (Wildman–Crippen MR) is 49.7 cm³/mol. The highest BCUT2D eigenvalue weighted by Crippen LogP contribution is 2.46. The maximum absolute atomic E-state index is 10.8. The molecular formula is C10H17NO. The molecule has 12 heavy (non-hydrogen) atoms. The van der Waals surface area contributed by atoms with Crippen LogP contribution in [-0.4, -0.2) is 11.9 Å². The van der Waals surface area contributed by atoms with Gasteiger partial charge in [0.2, 0.25) is 5.91 Å². The first-order chi connectivity index (χ1) is 5.48. The number of nitrogens with one attached hydrogen (secondary N) is 1. The summed E-state index contributed by atoms with van der Waals surface area (Å²) in [5.41, 5.74) is 0.188. The van der Waals surface area contributed by atoms with Crippen molar-refractivity contribution < 1.29 is 4.79 Å². The van der Waals surface area contributed by atoms with E-state index in [0.29, 0.717) is 12.0 Å². The van der Waals surface area contributed by atoms with Crippen LogP contribution in [0.1, 0.15) is 27.2 Å². The summed E-state index contributed by atoms with van der Waals surface area (Å²) in [5.74, 6) is 0.616. The molecule has 1 amide bonds. The molecule has 1 aliphatic carbocycles. The van der Waals surface area contributed by atoms with Crippen LogP contribution in [0.3, 0.4) is 0 Å². The minimum absolute atomic E-state index is 0.0654. The normalized spacial score (nSPS) is 31.9. The van der Waals surface area contributed by atoms with Crippen LogP contribution in [0.15, 0.2) is 12.7 Å². The first kappa shape index (κ1) is 9.30. The fourth-order valence-corrected chi connectivity index (χ4v) is 1.85. The minimum atomic E-state index is 0.0654. The highest BCUT2D eigenvalue weighted by molar-refractivity contribution is 5.73. The van der Waals surface area contributed by atoms with Gasteiger partial charge in [-0.05, 0) is 17.8 Å². The van der Waals surface area contributed by atoms with Crippen molar-refractivity contribution in [1.29, 1.82) is 0 Å². The zero-order valence-corrected chi connectivity index (χ0v) is 8.05. The number of allylic oxidation sites excluding steroid dienone is 1. The van der Waals surface area contributed by atoms with Gasteiger partial charge in [0.1, 0.15) is 0 Å². The van der Waals surface area contributed by atoms with Crippen molar-refractivity contribution in [3.63, 3.8) is 0 Å². The Bertz CT molecular complexity index is 208. The lowest BCUT2D eigenvalue weighted by Crippen LogP contribution is -2.57. The number of hydrogen-bond donors (Lipinski definition) is 1. The van der Waals surface area contributed by atoms with Crippen molar-refractivity contribution in [3.8, 4) is 0 Å². The van der Waals surface area contributed by atoms with Gasteiger partial charge in [-0.1, -0.05) is 19.9 Å². The Balaban J connectivity index is 2.53. The van der Waals surface area contributed by atoms with Gasteiger partial charge in [-0.15, -0.1) is 6.58 Å². The lowest BCUT2D eigenvalue weighted by molar-refractivity contribution is -0.122. The Labute approximate surface area is 74.0 Å². The van der Waals surface area contributed by atoms with E-state index in [1.165, 1.54) is 0 Å². The lowest BCUT2D eigenvalue weighted by Gasteiger charge is -2.51. The molecule has 0 spiro atoms. The second-order valence-corrected chi connectivity index (χ2v) is 4.15. The van der Waals surface area contributed by atoms with Crippen LogP contribution >= 0.6 is 0 Å². The molecule has 68 valence electrons. The molecule has 2 atom stereocenters. The molecular weight excluding hydrogens is 150 g/mol. The molecule has 0 unspecified atom stereocenters. The molecule has 0 aromatic rings. The Morgan fingerprint density at radius 2 is 2.25 bits per heavy atom. The van der Waals surface area contributed by atoms with Crippen LogP contribution in [0.4, 0.5) is 0 Å². The largest absolute Gasteiger partial charge is 0.353 e. The van der Waals surface area contributed by atoms with Gasteiger partial charge in [-0.25, -0.2) is 0 Å². The van der Waals surface area contributed by atoms with E-state index in [4.69, 9.17) is 0 Å². The fraction of sp³-hybridized carbons (Fsp3) is 0.700. The van der Waals surface area contributed by atoms with E-state index in [-0.39, 0.29) is 11.3 Å². The maximum atomic E-state index is 10.8. The first-order valence-corrected chi connectivity index (χ1v) is 4.38. The molecule has 1 rings (SSSR count). The molecule has 1 aliphatic rings. The van der Waals surface area contributed by atoms with Crippen molar-refractivity contribution in [1.82, 2.24) is 5.32 Å². The standard InChI is InChI=1S/C10H17NO/c1-5-8-6-9(10(8,3)4)11-7(2)12/h5,8-9H,1,6H2,2-4H3,(H,11,12)/t8-,9-/m1/s1. The summed E-state index contributed by atoms with van der Waals surface area (Å²) < 4.78 is 0. The number of hydrogen-bond acceptors (Lipinski definition) is 1. The van der Waals surface area contributed by atoms with Crippen molar-refractivity contribution >= 4 is 5.91 Å². The molecule has 1 fully saturated rings. The zero-order valence-electron chi connectivity index (χ0n) is 8.05. The molecule has 0 saturated heterocycles. The van der Waals surface area contributed by atoms with Crippen LogP contribution in [-0.2, 0) is 4.79 Å². The van der Waals surface area contributed by atoms with Gasteiger partial charge >= 0.3 is 0 Å². The van der Waals surface area contributed by atoms with Gasteiger partial charge in [-0.2, -0.15) is 0 Å². The van der Waals surface area contributed by atoms with Crippen LogP contribution in [0.25, 0.3) is 0 Å². The topological polar surface area (TPSA) is 29.1 Å². The van der Waals surface area contributed by atoms with Gasteiger partial charge in [0.05, 0.1) is 0 Å². The minimum Gasteiger partial charge on any atom is -0.353 e. The van der Waals surface area contributed by atoms with E-state index in [1.54, 1.807) is 6.92 Å². The Kier molecular flexibility index (Phi) is 2.27. The predicted octanol–water partition coefficient (Wildman–Crippen LogP) is 1.72. The zero-order chi connectivity index (χ0) is 9.35. The molecule has 1 N–H and O–H groups in total. The van der Waals surface area contributed by atoms with Crippen LogP contribution in [0.5, 0.6) is 0 Å². The Morgan fingerprint density at radius 3 is 2.58 bits per heavy atom. The monoisotopic (exact) mass is 167 g/mol. The van der Waals surface area contributed by atoms with Crippen LogP contribution < -0.4 is 5.32 Å². The molecule has 2 heteroatoms. The Hall–Kier alpha value is -0.790. The lowest BCUT2D eigenvalue weighted by atomic mass is 9.58. The van der Waals surface area contributed by atoms with E-state index in [9.17, 15) is 4.79 Å². The molecule has 0 aromatic heterocycles. The van der Waals surface area contributed by atoms with E-state index >= 15 is 0 Å². The number of rotatable bonds is 2. The van der Waals surface area contributed by atoms with Gasteiger partial charge in [-0.3, -0.25) is 4.79 Å². The third-order valence-electron chi connectivity index (χ3n) is 3.01. The van der Waals surface area contributed by atoms with Crippen molar-refractivity contribution in [2.45, 2.75) is 33.2 Å². The smallest absolute Gasteiger partial charge is 0.217 e. The molecule has 0 aliphatic heterocycles. The molecule has 1 saturated carbocycles. The SMILES string of the molecule is C=C[C@@H]1C[C@@H](NC(C)=O)C1(C)C. The summed E-state index contributed by atoms with van der Waals surface area (Å²) in [6, 6.07) is 0.331. The highest BCUT2D eigenvalue weighted by Gasteiger charge is 2.46. The fourth-order valence-electron chi connectivity index (χ4n) is 1.85. The summed E-state index contributed by atoms with van der Waals surface area (Å²) in [6.45, 7) is 9.69. The third-order valence-corrected chi connectivity index (χ3v) is 3.01. The number of carbonyl (C=O) groups is 1. The molecule has 0 radical (unpaired) electrons. The molecule has 0 bridgehead atoms. The van der Waals surface area contributed by atoms with Gasteiger partial charge < -0.3 is 5.32 Å². The maximum Gasteiger partial charge on any atom is 0.217 e. The van der Waals surface area contributed by atoms with E-state index in [1.807, 2.05) is 6.08 Å².